The number of nitrogens with zero attached hydrogens (tertiary/aromatic N) is 2. The second-order valence-corrected chi connectivity index (χ2v) is 4.77. The number of aromatic nitrogens is 2. The zero-order chi connectivity index (χ0) is 13.8. The van der Waals surface area contributed by atoms with Crippen LogP contribution in [0.5, 0.6) is 5.75 Å². The summed E-state index contributed by atoms with van der Waals surface area (Å²) in [5, 5.41) is 3.00. The van der Waals surface area contributed by atoms with Crippen LogP contribution in [-0.2, 0) is 6.54 Å². The van der Waals surface area contributed by atoms with Crippen molar-refractivity contribution in [3.8, 4) is 5.75 Å². The molecule has 0 unspecified atom stereocenters. The van der Waals surface area contributed by atoms with Crippen LogP contribution in [0, 0.1) is 11.7 Å². The molecule has 5 heteroatoms. The minimum Gasteiger partial charge on any atom is -0.497 e. The van der Waals surface area contributed by atoms with Crippen LogP contribution in [-0.4, -0.2) is 16.7 Å². The third-order valence-electron chi connectivity index (χ3n) is 2.70. The van der Waals surface area contributed by atoms with Crippen molar-refractivity contribution in [2.24, 2.45) is 5.92 Å². The molecule has 2 rings (SSSR count). The number of benzene rings is 1. The Morgan fingerprint density at radius 1 is 1.42 bits per heavy atom. The zero-order valence-corrected chi connectivity index (χ0v) is 11.4. The molecule has 0 atom stereocenters. The lowest BCUT2D eigenvalue weighted by molar-refractivity contribution is 0.414. The standard InChI is InChI=1S/C14H18FN3O/c1-10(2)9-18-7-6-16-14(18)17-13-8-11(19-3)4-5-12(13)15/h4-8,10H,9H2,1-3H3,(H,16,17). The molecule has 0 aliphatic rings. The van der Waals surface area contributed by atoms with Crippen molar-refractivity contribution >= 4 is 11.6 Å². The molecule has 0 spiro atoms. The van der Waals surface area contributed by atoms with E-state index in [9.17, 15) is 4.39 Å². The van der Waals surface area contributed by atoms with Crippen LogP contribution in [0.25, 0.3) is 0 Å². The molecule has 0 radical (unpaired) electrons. The summed E-state index contributed by atoms with van der Waals surface area (Å²) in [7, 11) is 1.55. The molecule has 102 valence electrons. The Labute approximate surface area is 112 Å². The Balaban J connectivity index is 2.23. The van der Waals surface area contributed by atoms with Gasteiger partial charge in [-0.3, -0.25) is 0 Å². The first-order valence-electron chi connectivity index (χ1n) is 6.22. The number of imidazole rings is 1. The molecule has 0 aliphatic heterocycles. The Morgan fingerprint density at radius 3 is 2.89 bits per heavy atom. The quantitative estimate of drug-likeness (QED) is 0.898. The maximum atomic E-state index is 13.7. The highest BCUT2D eigenvalue weighted by atomic mass is 19.1. The molecular formula is C14H18FN3O. The highest BCUT2D eigenvalue weighted by Gasteiger charge is 2.09. The summed E-state index contributed by atoms with van der Waals surface area (Å²) in [4.78, 5) is 4.21. The normalized spacial score (nSPS) is 10.8. The van der Waals surface area contributed by atoms with Gasteiger partial charge >= 0.3 is 0 Å². The Morgan fingerprint density at radius 2 is 2.21 bits per heavy atom. The van der Waals surface area contributed by atoms with E-state index in [1.165, 1.54) is 6.07 Å². The topological polar surface area (TPSA) is 39.1 Å². The van der Waals surface area contributed by atoms with Crippen molar-refractivity contribution in [1.82, 2.24) is 9.55 Å². The number of nitrogens with one attached hydrogen (secondary N) is 1. The van der Waals surface area contributed by atoms with Gasteiger partial charge in [0, 0.05) is 25.0 Å². The molecule has 0 amide bonds. The first kappa shape index (κ1) is 13.4. The van der Waals surface area contributed by atoms with Crippen LogP contribution in [0.1, 0.15) is 13.8 Å². The molecule has 2 aromatic rings. The fourth-order valence-electron chi connectivity index (χ4n) is 1.82. The Bertz CT molecular complexity index is 551. The van der Waals surface area contributed by atoms with E-state index in [2.05, 4.69) is 24.1 Å². The van der Waals surface area contributed by atoms with Gasteiger partial charge in [0.25, 0.3) is 0 Å². The van der Waals surface area contributed by atoms with Crippen LogP contribution >= 0.6 is 0 Å². The van der Waals surface area contributed by atoms with Crippen LogP contribution in [0.15, 0.2) is 30.6 Å². The van der Waals surface area contributed by atoms with E-state index in [1.54, 1.807) is 25.4 Å². The van der Waals surface area contributed by atoms with E-state index in [0.29, 0.717) is 23.3 Å². The van der Waals surface area contributed by atoms with E-state index in [-0.39, 0.29) is 5.82 Å². The van der Waals surface area contributed by atoms with Gasteiger partial charge in [-0.2, -0.15) is 0 Å². The van der Waals surface area contributed by atoms with Crippen molar-refractivity contribution < 1.29 is 9.13 Å². The summed E-state index contributed by atoms with van der Waals surface area (Å²) in [6.45, 7) is 5.07. The van der Waals surface area contributed by atoms with Gasteiger partial charge in [-0.05, 0) is 18.1 Å². The monoisotopic (exact) mass is 263 g/mol. The molecule has 0 saturated heterocycles. The maximum Gasteiger partial charge on any atom is 0.207 e. The number of methoxy groups -OCH3 is 1. The summed E-state index contributed by atoms with van der Waals surface area (Å²) >= 11 is 0. The molecular weight excluding hydrogens is 245 g/mol. The number of halogens is 1. The molecule has 0 aliphatic carbocycles. The van der Waals surface area contributed by atoms with E-state index in [0.717, 1.165) is 6.54 Å². The largest absolute Gasteiger partial charge is 0.497 e. The van der Waals surface area contributed by atoms with Crippen molar-refractivity contribution in [2.75, 3.05) is 12.4 Å². The lowest BCUT2D eigenvalue weighted by atomic mass is 10.2. The van der Waals surface area contributed by atoms with Crippen LogP contribution in [0.4, 0.5) is 16.0 Å². The highest BCUT2D eigenvalue weighted by Crippen LogP contribution is 2.24. The second kappa shape index (κ2) is 5.73. The van der Waals surface area contributed by atoms with E-state index in [1.807, 2.05) is 10.8 Å². The van der Waals surface area contributed by atoms with Gasteiger partial charge in [0.05, 0.1) is 12.8 Å². The summed E-state index contributed by atoms with van der Waals surface area (Å²) in [6, 6.07) is 4.57. The molecule has 1 aromatic heterocycles. The lowest BCUT2D eigenvalue weighted by Gasteiger charge is -2.12. The van der Waals surface area contributed by atoms with E-state index in [4.69, 9.17) is 4.74 Å². The predicted molar refractivity (Wildman–Crippen MR) is 73.3 cm³/mol. The van der Waals surface area contributed by atoms with Crippen LogP contribution < -0.4 is 10.1 Å². The molecule has 1 aromatic carbocycles. The van der Waals surface area contributed by atoms with Crippen molar-refractivity contribution in [2.45, 2.75) is 20.4 Å². The summed E-state index contributed by atoms with van der Waals surface area (Å²) < 4.78 is 20.8. The highest BCUT2D eigenvalue weighted by molar-refractivity contribution is 5.57. The van der Waals surface area contributed by atoms with Gasteiger partial charge in [-0.1, -0.05) is 13.8 Å². The van der Waals surface area contributed by atoms with Crippen LogP contribution in [0.2, 0.25) is 0 Å². The average Bonchev–Trinajstić information content (AvgIpc) is 2.78. The van der Waals surface area contributed by atoms with Crippen molar-refractivity contribution in [1.29, 1.82) is 0 Å². The van der Waals surface area contributed by atoms with Gasteiger partial charge in [0.15, 0.2) is 0 Å². The number of hydrogen-bond donors (Lipinski definition) is 1. The first-order chi connectivity index (χ1) is 9.10. The maximum absolute atomic E-state index is 13.7. The fraction of sp³-hybridized carbons (Fsp3) is 0.357. The summed E-state index contributed by atoms with van der Waals surface area (Å²) in [6.07, 6.45) is 3.57. The van der Waals surface area contributed by atoms with E-state index < -0.39 is 0 Å². The zero-order valence-electron chi connectivity index (χ0n) is 11.4. The third-order valence-corrected chi connectivity index (χ3v) is 2.70. The molecule has 19 heavy (non-hydrogen) atoms. The number of hydrogen-bond acceptors (Lipinski definition) is 3. The average molecular weight is 263 g/mol. The molecule has 0 fully saturated rings. The van der Waals surface area contributed by atoms with Crippen molar-refractivity contribution in [3.05, 3.63) is 36.4 Å². The lowest BCUT2D eigenvalue weighted by Crippen LogP contribution is -2.08. The fourth-order valence-corrected chi connectivity index (χ4v) is 1.82. The SMILES string of the molecule is COc1ccc(F)c(Nc2nccn2CC(C)C)c1. The van der Waals surface area contributed by atoms with Gasteiger partial charge < -0.3 is 14.6 Å². The van der Waals surface area contributed by atoms with Gasteiger partial charge in [-0.15, -0.1) is 0 Å². The number of ether oxygens (including phenoxy) is 1. The van der Waals surface area contributed by atoms with Gasteiger partial charge in [0.1, 0.15) is 11.6 Å². The number of anilines is 2. The molecule has 1 N–H and O–H groups in total. The summed E-state index contributed by atoms with van der Waals surface area (Å²) in [5.41, 5.74) is 0.357. The molecule has 0 saturated carbocycles. The third kappa shape index (κ3) is 3.24. The van der Waals surface area contributed by atoms with Crippen LogP contribution in [0.3, 0.4) is 0 Å². The Hall–Kier alpha value is -2.04. The smallest absolute Gasteiger partial charge is 0.207 e. The van der Waals surface area contributed by atoms with Crippen molar-refractivity contribution in [3.63, 3.8) is 0 Å². The molecule has 4 nitrogen and oxygen atoms in total. The predicted octanol–water partition coefficient (Wildman–Crippen LogP) is 3.43. The number of rotatable bonds is 5. The van der Waals surface area contributed by atoms with Gasteiger partial charge in [-0.25, -0.2) is 9.37 Å². The Kier molecular flexibility index (Phi) is 4.04. The van der Waals surface area contributed by atoms with E-state index >= 15 is 0 Å². The second-order valence-electron chi connectivity index (χ2n) is 4.77. The minimum atomic E-state index is -0.333. The first-order valence-corrected chi connectivity index (χ1v) is 6.22. The molecule has 0 bridgehead atoms. The summed E-state index contributed by atoms with van der Waals surface area (Å²) in [5.74, 6) is 1.39. The minimum absolute atomic E-state index is 0.333. The molecule has 1 heterocycles. The van der Waals surface area contributed by atoms with Gasteiger partial charge in [0.2, 0.25) is 5.95 Å².